The Labute approximate surface area is 133 Å². The van der Waals surface area contributed by atoms with Crippen LogP contribution in [0, 0.1) is 0 Å². The molecular formula is C16H27ClN2O2. The van der Waals surface area contributed by atoms with Crippen LogP contribution < -0.4 is 11.1 Å². The van der Waals surface area contributed by atoms with Crippen molar-refractivity contribution < 1.29 is 9.53 Å². The Morgan fingerprint density at radius 3 is 2.33 bits per heavy atom. The van der Waals surface area contributed by atoms with Crippen LogP contribution in [-0.2, 0) is 21.5 Å². The second-order valence-corrected chi connectivity index (χ2v) is 5.52. The molecule has 1 aromatic rings. The minimum atomic E-state index is -0.407. The Kier molecular flexibility index (Phi) is 8.55. The second kappa shape index (κ2) is 9.03. The third-order valence-electron chi connectivity index (χ3n) is 3.55. The highest BCUT2D eigenvalue weighted by Crippen LogP contribution is 2.21. The fourth-order valence-corrected chi connectivity index (χ4v) is 2.10. The summed E-state index contributed by atoms with van der Waals surface area (Å²) in [6.45, 7) is 6.46. The van der Waals surface area contributed by atoms with E-state index in [9.17, 15) is 4.79 Å². The minimum Gasteiger partial charge on any atom is -0.380 e. The second-order valence-electron chi connectivity index (χ2n) is 5.52. The first kappa shape index (κ1) is 19.9. The number of nitrogens with one attached hydrogen (secondary N) is 1. The number of ether oxygens (including phenoxy) is 1. The molecule has 3 N–H and O–H groups in total. The number of methoxy groups -OCH3 is 1. The van der Waals surface area contributed by atoms with E-state index in [1.165, 1.54) is 5.56 Å². The smallest absolute Gasteiger partial charge is 0.223 e. The van der Waals surface area contributed by atoms with Gasteiger partial charge in [-0.25, -0.2) is 0 Å². The van der Waals surface area contributed by atoms with E-state index in [2.05, 4.69) is 36.5 Å². The maximum Gasteiger partial charge on any atom is 0.223 e. The fraction of sp³-hybridized carbons (Fsp3) is 0.562. The minimum absolute atomic E-state index is 0. The molecule has 1 atom stereocenters. The van der Waals surface area contributed by atoms with Crippen LogP contribution in [0.5, 0.6) is 0 Å². The number of nitrogens with two attached hydrogens (primary N) is 1. The first-order valence-corrected chi connectivity index (χ1v) is 7.06. The number of carbonyl (C=O) groups is 1. The Balaban J connectivity index is 0.00000400. The number of amides is 1. The van der Waals surface area contributed by atoms with E-state index < -0.39 is 5.54 Å². The SMILES string of the molecule is CCc1ccc(C(C)(C)NC(=O)CC(CN)OC)cc1.Cl. The lowest BCUT2D eigenvalue weighted by molar-refractivity contribution is -0.125. The highest BCUT2D eigenvalue weighted by atomic mass is 35.5. The molecule has 1 unspecified atom stereocenters. The number of rotatable bonds is 7. The maximum atomic E-state index is 12.0. The third-order valence-corrected chi connectivity index (χ3v) is 3.55. The highest BCUT2D eigenvalue weighted by Gasteiger charge is 2.24. The van der Waals surface area contributed by atoms with Crippen molar-refractivity contribution in [2.24, 2.45) is 5.73 Å². The van der Waals surface area contributed by atoms with Crippen molar-refractivity contribution in [1.29, 1.82) is 0 Å². The van der Waals surface area contributed by atoms with Crippen LogP contribution in [0.2, 0.25) is 0 Å². The molecule has 0 fully saturated rings. The van der Waals surface area contributed by atoms with Gasteiger partial charge in [-0.1, -0.05) is 31.2 Å². The molecule has 0 saturated carbocycles. The van der Waals surface area contributed by atoms with Gasteiger partial charge in [0, 0.05) is 13.7 Å². The zero-order chi connectivity index (χ0) is 15.2. The molecule has 0 aliphatic heterocycles. The molecule has 5 heteroatoms. The summed E-state index contributed by atoms with van der Waals surface area (Å²) in [5.74, 6) is -0.0492. The number of hydrogen-bond donors (Lipinski definition) is 2. The first-order valence-electron chi connectivity index (χ1n) is 7.06. The lowest BCUT2D eigenvalue weighted by Gasteiger charge is -2.28. The van der Waals surface area contributed by atoms with Gasteiger partial charge in [0.05, 0.1) is 18.1 Å². The van der Waals surface area contributed by atoms with E-state index in [0.717, 1.165) is 12.0 Å². The van der Waals surface area contributed by atoms with Gasteiger partial charge in [-0.05, 0) is 31.4 Å². The molecule has 0 bridgehead atoms. The Morgan fingerprint density at radius 1 is 1.33 bits per heavy atom. The van der Waals surface area contributed by atoms with Crippen LogP contribution >= 0.6 is 12.4 Å². The van der Waals surface area contributed by atoms with Gasteiger partial charge in [-0.2, -0.15) is 0 Å². The predicted molar refractivity (Wildman–Crippen MR) is 88.7 cm³/mol. The molecular weight excluding hydrogens is 288 g/mol. The summed E-state index contributed by atoms with van der Waals surface area (Å²) in [7, 11) is 1.57. The highest BCUT2D eigenvalue weighted by molar-refractivity contribution is 5.85. The van der Waals surface area contributed by atoms with Crippen molar-refractivity contribution in [3.05, 3.63) is 35.4 Å². The van der Waals surface area contributed by atoms with Gasteiger partial charge < -0.3 is 15.8 Å². The number of hydrogen-bond acceptors (Lipinski definition) is 3. The summed E-state index contributed by atoms with van der Waals surface area (Å²) in [6, 6.07) is 8.33. The van der Waals surface area contributed by atoms with Crippen LogP contribution in [0.25, 0.3) is 0 Å². The summed E-state index contributed by atoms with van der Waals surface area (Å²) in [4.78, 5) is 12.0. The van der Waals surface area contributed by atoms with E-state index in [-0.39, 0.29) is 30.8 Å². The molecule has 0 aliphatic rings. The Morgan fingerprint density at radius 2 is 1.90 bits per heavy atom. The van der Waals surface area contributed by atoms with E-state index >= 15 is 0 Å². The van der Waals surface area contributed by atoms with Crippen LogP contribution in [0.15, 0.2) is 24.3 Å². The zero-order valence-corrected chi connectivity index (χ0v) is 14.1. The molecule has 1 rings (SSSR count). The zero-order valence-electron chi connectivity index (χ0n) is 13.3. The lowest BCUT2D eigenvalue weighted by Crippen LogP contribution is -2.43. The van der Waals surface area contributed by atoms with Gasteiger partial charge in [0.15, 0.2) is 0 Å². The average molecular weight is 315 g/mol. The van der Waals surface area contributed by atoms with Gasteiger partial charge in [0.25, 0.3) is 0 Å². The molecule has 0 heterocycles. The van der Waals surface area contributed by atoms with E-state index in [4.69, 9.17) is 10.5 Å². The summed E-state index contributed by atoms with van der Waals surface area (Å²) < 4.78 is 5.13. The molecule has 1 amide bonds. The predicted octanol–water partition coefficient (Wildman–Crippen LogP) is 2.39. The topological polar surface area (TPSA) is 64.4 Å². The molecule has 0 spiro atoms. The number of benzene rings is 1. The average Bonchev–Trinajstić information content (AvgIpc) is 2.44. The van der Waals surface area contributed by atoms with Gasteiger partial charge in [-0.15, -0.1) is 12.4 Å². The van der Waals surface area contributed by atoms with Crippen LogP contribution in [0.3, 0.4) is 0 Å². The fourth-order valence-electron chi connectivity index (χ4n) is 2.10. The maximum absolute atomic E-state index is 12.0. The molecule has 4 nitrogen and oxygen atoms in total. The lowest BCUT2D eigenvalue weighted by atomic mass is 9.92. The monoisotopic (exact) mass is 314 g/mol. The summed E-state index contributed by atoms with van der Waals surface area (Å²) in [6.07, 6.45) is 1.07. The third kappa shape index (κ3) is 6.04. The number of carbonyl (C=O) groups excluding carboxylic acids is 1. The van der Waals surface area contributed by atoms with E-state index in [1.54, 1.807) is 7.11 Å². The largest absolute Gasteiger partial charge is 0.380 e. The Hall–Kier alpha value is -1.10. The number of halogens is 1. The van der Waals surface area contributed by atoms with Gasteiger partial charge in [-0.3, -0.25) is 4.79 Å². The van der Waals surface area contributed by atoms with Crippen molar-refractivity contribution in [2.45, 2.75) is 45.3 Å². The van der Waals surface area contributed by atoms with Gasteiger partial charge >= 0.3 is 0 Å². The van der Waals surface area contributed by atoms with E-state index in [1.807, 2.05) is 13.8 Å². The van der Waals surface area contributed by atoms with Crippen molar-refractivity contribution in [2.75, 3.05) is 13.7 Å². The summed E-state index contributed by atoms with van der Waals surface area (Å²) >= 11 is 0. The first-order chi connectivity index (χ1) is 9.42. The molecule has 0 aromatic heterocycles. The quantitative estimate of drug-likeness (QED) is 0.812. The van der Waals surface area contributed by atoms with Crippen molar-refractivity contribution in [3.8, 4) is 0 Å². The van der Waals surface area contributed by atoms with Gasteiger partial charge in [0.1, 0.15) is 0 Å². The molecule has 0 saturated heterocycles. The molecule has 120 valence electrons. The summed E-state index contributed by atoms with van der Waals surface area (Å²) in [5.41, 5.74) is 7.50. The normalized spacial score (nSPS) is 12.4. The van der Waals surface area contributed by atoms with E-state index in [0.29, 0.717) is 6.54 Å². The van der Waals surface area contributed by atoms with Crippen molar-refractivity contribution in [1.82, 2.24) is 5.32 Å². The van der Waals surface area contributed by atoms with Crippen LogP contribution in [0.4, 0.5) is 0 Å². The standard InChI is InChI=1S/C16H26N2O2.ClH/c1-5-12-6-8-13(9-7-12)16(2,3)18-15(19)10-14(11-17)20-4;/h6-9,14H,5,10-11,17H2,1-4H3,(H,18,19);1H. The molecule has 21 heavy (non-hydrogen) atoms. The Bertz CT molecular complexity index is 428. The van der Waals surface area contributed by atoms with Crippen LogP contribution in [0.1, 0.15) is 38.3 Å². The van der Waals surface area contributed by atoms with Gasteiger partial charge in [0.2, 0.25) is 5.91 Å². The van der Waals surface area contributed by atoms with Crippen molar-refractivity contribution in [3.63, 3.8) is 0 Å². The van der Waals surface area contributed by atoms with Crippen molar-refractivity contribution >= 4 is 18.3 Å². The molecule has 0 aliphatic carbocycles. The molecule has 0 radical (unpaired) electrons. The number of aryl methyl sites for hydroxylation is 1. The molecule has 1 aromatic carbocycles. The summed E-state index contributed by atoms with van der Waals surface area (Å²) in [5, 5.41) is 3.03. The van der Waals surface area contributed by atoms with Crippen LogP contribution in [-0.4, -0.2) is 25.7 Å².